The highest BCUT2D eigenvalue weighted by atomic mass is 16.7. The van der Waals surface area contributed by atoms with Crippen LogP contribution < -0.4 is 0 Å². The third-order valence-electron chi connectivity index (χ3n) is 5.66. The van der Waals surface area contributed by atoms with E-state index < -0.39 is 11.8 Å². The van der Waals surface area contributed by atoms with Gasteiger partial charge in [-0.2, -0.15) is 5.26 Å². The molecule has 1 fully saturated rings. The second-order valence-corrected chi connectivity index (χ2v) is 7.99. The minimum absolute atomic E-state index is 0.0888. The highest BCUT2D eigenvalue weighted by Crippen LogP contribution is 2.38. The summed E-state index contributed by atoms with van der Waals surface area (Å²) in [5, 5.41) is 12.4. The number of rotatable bonds is 4. The molecule has 4 nitrogen and oxygen atoms in total. The van der Waals surface area contributed by atoms with Gasteiger partial charge in [-0.05, 0) is 42.8 Å². The molecular weight excluding hydrogens is 360 g/mol. The van der Waals surface area contributed by atoms with Crippen LogP contribution in [-0.4, -0.2) is 30.4 Å². The molecular formula is C25H26N2O2. The zero-order chi connectivity index (χ0) is 20.4. The van der Waals surface area contributed by atoms with Crippen LogP contribution in [0.3, 0.4) is 0 Å². The highest BCUT2D eigenvalue weighted by molar-refractivity contribution is 5.86. The van der Waals surface area contributed by atoms with E-state index in [1.807, 2.05) is 63.4 Å². The van der Waals surface area contributed by atoms with Gasteiger partial charge in [0, 0.05) is 0 Å². The maximum Gasteiger partial charge on any atom is 0.163 e. The monoisotopic (exact) mass is 386 g/mol. The van der Waals surface area contributed by atoms with E-state index in [-0.39, 0.29) is 12.1 Å². The smallest absolute Gasteiger partial charge is 0.163 e. The molecule has 0 bridgehead atoms. The Kier molecular flexibility index (Phi) is 5.38. The maximum absolute atomic E-state index is 10.1. The van der Waals surface area contributed by atoms with Gasteiger partial charge in [-0.3, -0.25) is 4.90 Å². The molecule has 4 rings (SSSR count). The molecule has 0 spiro atoms. The van der Waals surface area contributed by atoms with Gasteiger partial charge in [-0.25, -0.2) is 0 Å². The Morgan fingerprint density at radius 2 is 1.69 bits per heavy atom. The molecule has 3 aromatic rings. The van der Waals surface area contributed by atoms with Crippen molar-refractivity contribution in [1.82, 2.24) is 4.90 Å². The van der Waals surface area contributed by atoms with Gasteiger partial charge in [0.05, 0.1) is 18.7 Å². The maximum atomic E-state index is 10.1. The average Bonchev–Trinajstić information content (AvgIpc) is 2.74. The van der Waals surface area contributed by atoms with Gasteiger partial charge >= 0.3 is 0 Å². The Labute approximate surface area is 172 Å². The fourth-order valence-electron chi connectivity index (χ4n) is 4.12. The number of likely N-dealkylation sites (N-methyl/N-ethyl adjacent to an activating group) is 1. The average molecular weight is 386 g/mol. The standard InChI is InChI=1S/C25H26N2O2/c1-25(2)28-17-23(24(29-25)19-11-5-4-6-12-19)27(3)22(16-26)21-15-9-13-18-10-7-8-14-20(18)21/h4-15,22-24H,17H2,1-3H3/t22-,23+,24+/m1/s1. The quantitative estimate of drug-likeness (QED) is 0.616. The van der Waals surface area contributed by atoms with Crippen molar-refractivity contribution in [3.05, 3.63) is 83.9 Å². The first-order valence-electron chi connectivity index (χ1n) is 9.96. The number of fused-ring (bicyclic) bond motifs is 1. The summed E-state index contributed by atoms with van der Waals surface area (Å²) in [7, 11) is 1.99. The first-order chi connectivity index (χ1) is 14.0. The second-order valence-electron chi connectivity index (χ2n) is 7.99. The van der Waals surface area contributed by atoms with Crippen LogP contribution in [0, 0.1) is 11.3 Å². The molecule has 3 aromatic carbocycles. The molecule has 1 aliphatic heterocycles. The highest BCUT2D eigenvalue weighted by Gasteiger charge is 2.41. The van der Waals surface area contributed by atoms with Gasteiger partial charge < -0.3 is 9.47 Å². The van der Waals surface area contributed by atoms with Crippen LogP contribution in [0.1, 0.15) is 37.1 Å². The van der Waals surface area contributed by atoms with Crippen LogP contribution in [0.2, 0.25) is 0 Å². The predicted molar refractivity (Wildman–Crippen MR) is 114 cm³/mol. The molecule has 4 heteroatoms. The summed E-state index contributed by atoms with van der Waals surface area (Å²) in [5.74, 6) is -0.667. The van der Waals surface area contributed by atoms with Crippen LogP contribution in [0.15, 0.2) is 72.8 Å². The van der Waals surface area contributed by atoms with Crippen molar-refractivity contribution in [2.24, 2.45) is 0 Å². The van der Waals surface area contributed by atoms with Gasteiger partial charge in [0.2, 0.25) is 0 Å². The van der Waals surface area contributed by atoms with Gasteiger partial charge in [0.25, 0.3) is 0 Å². The molecule has 1 saturated heterocycles. The number of ether oxygens (including phenoxy) is 2. The first kappa shape index (κ1) is 19.6. The fourth-order valence-corrected chi connectivity index (χ4v) is 4.12. The third kappa shape index (κ3) is 3.90. The number of hydrogen-bond acceptors (Lipinski definition) is 4. The summed E-state index contributed by atoms with van der Waals surface area (Å²) >= 11 is 0. The van der Waals surface area contributed by atoms with Crippen molar-refractivity contribution in [3.63, 3.8) is 0 Å². The van der Waals surface area contributed by atoms with E-state index in [4.69, 9.17) is 9.47 Å². The molecule has 1 aliphatic rings. The van der Waals surface area contributed by atoms with Crippen molar-refractivity contribution in [2.75, 3.05) is 13.7 Å². The molecule has 148 valence electrons. The minimum atomic E-state index is -0.667. The Hall–Kier alpha value is -2.71. The normalized spacial score (nSPS) is 22.3. The summed E-state index contributed by atoms with van der Waals surface area (Å²) in [5.41, 5.74) is 2.10. The minimum Gasteiger partial charge on any atom is -0.349 e. The number of hydrogen-bond donors (Lipinski definition) is 0. The van der Waals surface area contributed by atoms with Crippen molar-refractivity contribution >= 4 is 10.8 Å². The van der Waals surface area contributed by atoms with E-state index in [0.29, 0.717) is 6.61 Å². The lowest BCUT2D eigenvalue weighted by Gasteiger charge is -2.45. The molecule has 0 saturated carbocycles. The Bertz CT molecular complexity index is 1020. The molecule has 0 unspecified atom stereocenters. The van der Waals surface area contributed by atoms with Gasteiger partial charge in [-0.15, -0.1) is 0 Å². The van der Waals surface area contributed by atoms with Crippen LogP contribution in [0.5, 0.6) is 0 Å². The lowest BCUT2D eigenvalue weighted by molar-refractivity contribution is -0.297. The number of nitriles is 1. The molecule has 0 aromatic heterocycles. The predicted octanol–water partition coefficient (Wildman–Crippen LogP) is 5.23. The van der Waals surface area contributed by atoms with E-state index in [2.05, 4.69) is 41.3 Å². The summed E-state index contributed by atoms with van der Waals surface area (Å²) in [6.45, 7) is 4.36. The summed E-state index contributed by atoms with van der Waals surface area (Å²) < 4.78 is 12.3. The lowest BCUT2D eigenvalue weighted by atomic mass is 9.94. The topological polar surface area (TPSA) is 45.5 Å². The van der Waals surface area contributed by atoms with Crippen molar-refractivity contribution in [3.8, 4) is 6.07 Å². The number of nitrogens with zero attached hydrogens (tertiary/aromatic N) is 2. The first-order valence-corrected chi connectivity index (χ1v) is 9.96. The molecule has 3 atom stereocenters. The van der Waals surface area contributed by atoms with Gasteiger partial charge in [0.1, 0.15) is 12.1 Å². The zero-order valence-corrected chi connectivity index (χ0v) is 17.1. The SMILES string of the molecule is CN([C@H](C#N)c1cccc2ccccc12)[C@H]1COC(C)(C)O[C@H]1c1ccccc1. The van der Waals surface area contributed by atoms with Crippen LogP contribution >= 0.6 is 0 Å². The summed E-state index contributed by atoms with van der Waals surface area (Å²) in [6.07, 6.45) is -0.184. The number of benzene rings is 3. The van der Waals surface area contributed by atoms with Crippen molar-refractivity contribution < 1.29 is 9.47 Å². The van der Waals surface area contributed by atoms with E-state index in [0.717, 1.165) is 21.9 Å². The van der Waals surface area contributed by atoms with Crippen LogP contribution in [0.25, 0.3) is 10.8 Å². The van der Waals surface area contributed by atoms with Crippen LogP contribution in [-0.2, 0) is 9.47 Å². The van der Waals surface area contributed by atoms with E-state index in [9.17, 15) is 5.26 Å². The second kappa shape index (κ2) is 7.96. The van der Waals surface area contributed by atoms with Crippen LogP contribution in [0.4, 0.5) is 0 Å². The Balaban J connectivity index is 1.72. The lowest BCUT2D eigenvalue weighted by Crippen LogP contribution is -2.51. The zero-order valence-electron chi connectivity index (χ0n) is 17.1. The summed E-state index contributed by atoms with van der Waals surface area (Å²) in [6, 6.07) is 26.5. The van der Waals surface area contributed by atoms with Crippen molar-refractivity contribution in [1.29, 1.82) is 5.26 Å². The van der Waals surface area contributed by atoms with E-state index in [1.54, 1.807) is 0 Å². The largest absolute Gasteiger partial charge is 0.349 e. The van der Waals surface area contributed by atoms with Crippen molar-refractivity contribution in [2.45, 2.75) is 37.8 Å². The third-order valence-corrected chi connectivity index (χ3v) is 5.66. The molecule has 0 radical (unpaired) electrons. The summed E-state index contributed by atoms with van der Waals surface area (Å²) in [4.78, 5) is 2.09. The van der Waals surface area contributed by atoms with E-state index >= 15 is 0 Å². The molecule has 0 amide bonds. The van der Waals surface area contributed by atoms with Gasteiger partial charge in [-0.1, -0.05) is 72.8 Å². The molecule has 0 aliphatic carbocycles. The Morgan fingerprint density at radius 1 is 1.00 bits per heavy atom. The van der Waals surface area contributed by atoms with E-state index in [1.165, 1.54) is 0 Å². The fraction of sp³-hybridized carbons (Fsp3) is 0.320. The molecule has 1 heterocycles. The Morgan fingerprint density at radius 3 is 2.45 bits per heavy atom. The van der Waals surface area contributed by atoms with Gasteiger partial charge in [0.15, 0.2) is 5.79 Å². The molecule has 0 N–H and O–H groups in total. The molecule has 29 heavy (non-hydrogen) atoms.